The lowest BCUT2D eigenvalue weighted by Crippen LogP contribution is -2.00. The fourth-order valence-electron chi connectivity index (χ4n) is 1.29. The van der Waals surface area contributed by atoms with Crippen LogP contribution in [-0.2, 0) is 4.74 Å². The molecule has 1 rings (SSSR count). The van der Waals surface area contributed by atoms with Crippen LogP contribution in [0.15, 0.2) is 36.0 Å². The molecule has 1 aliphatic carbocycles. The number of rotatable bonds is 2. The molecule has 0 heterocycles. The third-order valence-corrected chi connectivity index (χ3v) is 1.88. The van der Waals surface area contributed by atoms with Crippen molar-refractivity contribution in [1.82, 2.24) is 0 Å². The van der Waals surface area contributed by atoms with Crippen LogP contribution < -0.4 is 0 Å². The average Bonchev–Trinajstić information content (AvgIpc) is 2.03. The molecule has 66 valence electrons. The maximum absolute atomic E-state index is 8.38. The van der Waals surface area contributed by atoms with E-state index in [9.17, 15) is 0 Å². The van der Waals surface area contributed by atoms with Gasteiger partial charge in [0.25, 0.3) is 0 Å². The maximum atomic E-state index is 8.38. The highest BCUT2D eigenvalue weighted by atomic mass is 16.5. The Morgan fingerprint density at radius 3 is 3.00 bits per heavy atom. The summed E-state index contributed by atoms with van der Waals surface area (Å²) in [5.41, 5.74) is 1.23. The molecule has 0 radical (unpaired) electrons. The van der Waals surface area contributed by atoms with Crippen molar-refractivity contribution in [2.75, 3.05) is 0 Å². The van der Waals surface area contributed by atoms with Crippen molar-refractivity contribution in [3.8, 4) is 0 Å². The van der Waals surface area contributed by atoms with Crippen LogP contribution in [0.5, 0.6) is 0 Å². The second kappa shape index (κ2) is 4.00. The fourth-order valence-corrected chi connectivity index (χ4v) is 1.29. The van der Waals surface area contributed by atoms with E-state index in [0.29, 0.717) is 5.92 Å². The van der Waals surface area contributed by atoms with Gasteiger partial charge in [-0.1, -0.05) is 13.0 Å². The molecule has 1 atom stereocenters. The van der Waals surface area contributed by atoms with Gasteiger partial charge in [-0.15, -0.1) is 0 Å². The summed E-state index contributed by atoms with van der Waals surface area (Å²) >= 11 is 0. The Morgan fingerprint density at radius 1 is 1.67 bits per heavy atom. The summed E-state index contributed by atoms with van der Waals surface area (Å²) in [4.78, 5) is 0. The summed E-state index contributed by atoms with van der Waals surface area (Å²) in [6, 6.07) is 0. The van der Waals surface area contributed by atoms with Crippen molar-refractivity contribution >= 4 is 0 Å². The smallest absolute Gasteiger partial charge is 0.125 e. The van der Waals surface area contributed by atoms with Gasteiger partial charge in [0.15, 0.2) is 0 Å². The molecule has 0 bridgehead atoms. The molecular weight excluding hydrogens is 152 g/mol. The van der Waals surface area contributed by atoms with Gasteiger partial charge in [0.2, 0.25) is 0 Å². The largest absolute Gasteiger partial charge is 0.512 e. The topological polar surface area (TPSA) is 29.5 Å². The second-order valence-electron chi connectivity index (χ2n) is 3.09. The second-order valence-corrected chi connectivity index (χ2v) is 3.09. The van der Waals surface area contributed by atoms with E-state index in [2.05, 4.69) is 13.0 Å². The van der Waals surface area contributed by atoms with E-state index in [1.165, 1.54) is 11.8 Å². The molecule has 12 heavy (non-hydrogen) atoms. The molecule has 0 aromatic heterocycles. The van der Waals surface area contributed by atoms with E-state index < -0.39 is 0 Å². The third kappa shape index (κ3) is 2.16. The molecule has 0 saturated heterocycles. The molecule has 2 nitrogen and oxygen atoms in total. The SMILES string of the molecule is CC1=C(O/C=C\O)C=CC(C)C1. The Hall–Kier alpha value is -1.18. The van der Waals surface area contributed by atoms with Gasteiger partial charge in [-0.05, 0) is 30.9 Å². The van der Waals surface area contributed by atoms with Crippen molar-refractivity contribution in [3.63, 3.8) is 0 Å². The minimum atomic E-state index is 0.593. The predicted octanol–water partition coefficient (Wildman–Crippen LogP) is 2.90. The van der Waals surface area contributed by atoms with Crippen molar-refractivity contribution in [2.24, 2.45) is 5.92 Å². The van der Waals surface area contributed by atoms with Crippen molar-refractivity contribution in [2.45, 2.75) is 20.3 Å². The molecule has 1 aliphatic rings. The van der Waals surface area contributed by atoms with E-state index in [-0.39, 0.29) is 0 Å². The minimum absolute atomic E-state index is 0.593. The van der Waals surface area contributed by atoms with E-state index in [4.69, 9.17) is 9.84 Å². The van der Waals surface area contributed by atoms with Gasteiger partial charge in [0.1, 0.15) is 18.3 Å². The van der Waals surface area contributed by atoms with Gasteiger partial charge >= 0.3 is 0 Å². The molecule has 2 heteroatoms. The van der Waals surface area contributed by atoms with Gasteiger partial charge in [0.05, 0.1) is 0 Å². The molecule has 0 aliphatic heterocycles. The van der Waals surface area contributed by atoms with Crippen LogP contribution in [0, 0.1) is 5.92 Å². The molecule has 0 fully saturated rings. The summed E-state index contributed by atoms with van der Waals surface area (Å²) in [7, 11) is 0. The van der Waals surface area contributed by atoms with Gasteiger partial charge in [0, 0.05) is 0 Å². The quantitative estimate of drug-likeness (QED) is 0.639. The molecule has 0 spiro atoms. The van der Waals surface area contributed by atoms with Crippen molar-refractivity contribution in [1.29, 1.82) is 0 Å². The minimum Gasteiger partial charge on any atom is -0.512 e. The first-order valence-corrected chi connectivity index (χ1v) is 4.08. The molecule has 0 aromatic rings. The van der Waals surface area contributed by atoms with E-state index in [1.54, 1.807) is 0 Å². The zero-order valence-corrected chi connectivity index (χ0v) is 7.45. The van der Waals surface area contributed by atoms with Crippen LogP contribution in [0.2, 0.25) is 0 Å². The van der Waals surface area contributed by atoms with Crippen molar-refractivity contribution < 1.29 is 9.84 Å². The summed E-state index contributed by atoms with van der Waals surface area (Å²) in [5.74, 6) is 1.44. The predicted molar refractivity (Wildman–Crippen MR) is 48.5 cm³/mol. The van der Waals surface area contributed by atoms with Crippen LogP contribution >= 0.6 is 0 Å². The molecule has 0 saturated carbocycles. The van der Waals surface area contributed by atoms with Crippen LogP contribution in [0.1, 0.15) is 20.3 Å². The molecule has 1 unspecified atom stereocenters. The first kappa shape index (κ1) is 8.91. The molecule has 0 amide bonds. The normalized spacial score (nSPS) is 23.7. The number of aliphatic hydroxyl groups excluding tert-OH is 1. The lowest BCUT2D eigenvalue weighted by Gasteiger charge is -2.15. The van der Waals surface area contributed by atoms with Gasteiger partial charge in [-0.25, -0.2) is 0 Å². The highest BCUT2D eigenvalue weighted by Crippen LogP contribution is 2.23. The third-order valence-electron chi connectivity index (χ3n) is 1.88. The van der Waals surface area contributed by atoms with Crippen LogP contribution in [-0.4, -0.2) is 5.11 Å². The van der Waals surface area contributed by atoms with Crippen LogP contribution in [0.4, 0.5) is 0 Å². The monoisotopic (exact) mass is 166 g/mol. The van der Waals surface area contributed by atoms with Gasteiger partial charge in [-0.2, -0.15) is 0 Å². The highest BCUT2D eigenvalue weighted by molar-refractivity contribution is 5.24. The Balaban J connectivity index is 2.64. The standard InChI is InChI=1S/C10H14O2/c1-8-3-4-10(9(2)7-8)12-6-5-11/h3-6,8,11H,7H2,1-2H3/b6-5-. The fraction of sp³-hybridized carbons (Fsp3) is 0.400. The molecule has 1 N–H and O–H groups in total. The lowest BCUT2D eigenvalue weighted by molar-refractivity contribution is 0.332. The van der Waals surface area contributed by atoms with E-state index in [0.717, 1.165) is 18.4 Å². The first-order valence-electron chi connectivity index (χ1n) is 4.08. The molecular formula is C10H14O2. The number of ether oxygens (including phenoxy) is 1. The van der Waals surface area contributed by atoms with Gasteiger partial charge in [-0.3, -0.25) is 0 Å². The first-order chi connectivity index (χ1) is 5.74. The molecule has 0 aromatic carbocycles. The Bertz CT molecular complexity index is 236. The summed E-state index contributed by atoms with van der Waals surface area (Å²) < 4.78 is 5.15. The number of allylic oxidation sites excluding steroid dienone is 3. The number of hydrogen-bond donors (Lipinski definition) is 1. The van der Waals surface area contributed by atoms with E-state index in [1.807, 2.05) is 13.0 Å². The number of aliphatic hydroxyl groups is 1. The highest BCUT2D eigenvalue weighted by Gasteiger charge is 2.09. The number of hydrogen-bond acceptors (Lipinski definition) is 2. The average molecular weight is 166 g/mol. The summed E-state index contributed by atoms with van der Waals surface area (Å²) in [5, 5.41) is 8.38. The Morgan fingerprint density at radius 2 is 2.42 bits per heavy atom. The van der Waals surface area contributed by atoms with Crippen molar-refractivity contribution in [3.05, 3.63) is 36.0 Å². The Kier molecular flexibility index (Phi) is 2.97. The zero-order chi connectivity index (χ0) is 8.97. The summed E-state index contributed by atoms with van der Waals surface area (Å²) in [6.45, 7) is 4.21. The zero-order valence-electron chi connectivity index (χ0n) is 7.45. The summed E-state index contributed by atoms with van der Waals surface area (Å²) in [6.07, 6.45) is 7.26. The van der Waals surface area contributed by atoms with E-state index >= 15 is 0 Å². The Labute approximate surface area is 72.9 Å². The lowest BCUT2D eigenvalue weighted by atomic mass is 9.96. The van der Waals surface area contributed by atoms with Gasteiger partial charge < -0.3 is 9.84 Å². The van der Waals surface area contributed by atoms with Crippen LogP contribution in [0.25, 0.3) is 0 Å². The maximum Gasteiger partial charge on any atom is 0.125 e. The van der Waals surface area contributed by atoms with Crippen LogP contribution in [0.3, 0.4) is 0 Å².